The molecule has 1 atom stereocenters. The molecule has 5 rings (SSSR count). The maximum Gasteiger partial charge on any atom is 0.267 e. The monoisotopic (exact) mass is 495 g/mol. The van der Waals surface area contributed by atoms with E-state index in [-0.39, 0.29) is 24.6 Å². The van der Waals surface area contributed by atoms with Gasteiger partial charge in [-0.2, -0.15) is 9.61 Å². The van der Waals surface area contributed by atoms with Crippen molar-refractivity contribution in [3.8, 4) is 28.5 Å². The van der Waals surface area contributed by atoms with E-state index in [1.165, 1.54) is 10.7 Å². The summed E-state index contributed by atoms with van der Waals surface area (Å²) in [5.74, 6) is 0.636. The first-order chi connectivity index (χ1) is 18.0. The maximum absolute atomic E-state index is 12.7. The average molecular weight is 496 g/mol. The van der Waals surface area contributed by atoms with Gasteiger partial charge < -0.3 is 10.1 Å². The summed E-state index contributed by atoms with van der Waals surface area (Å²) in [5.41, 5.74) is 3.74. The van der Waals surface area contributed by atoms with Gasteiger partial charge in [0.25, 0.3) is 5.56 Å². The Bertz CT molecular complexity index is 1590. The number of rotatable bonds is 8. The van der Waals surface area contributed by atoms with Gasteiger partial charge in [-0.15, -0.1) is 15.3 Å². The zero-order valence-corrected chi connectivity index (χ0v) is 20.4. The molecule has 0 unspecified atom stereocenters. The molecule has 10 nitrogen and oxygen atoms in total. The number of aryl methyl sites for hydroxylation is 1. The highest BCUT2D eigenvalue weighted by molar-refractivity contribution is 5.79. The molecule has 3 heterocycles. The fraction of sp³-hybridized carbons (Fsp3) is 0.185. The molecule has 1 amide bonds. The molecule has 0 aliphatic heterocycles. The van der Waals surface area contributed by atoms with Crippen LogP contribution in [0.15, 0.2) is 83.7 Å². The van der Waals surface area contributed by atoms with E-state index < -0.39 is 6.04 Å². The number of carbonyl (C=O) groups excluding carboxylic acids is 1. The molecular formula is C27H25N7O3. The first kappa shape index (κ1) is 23.9. The third-order valence-corrected chi connectivity index (χ3v) is 5.84. The molecule has 1 N–H and O–H groups in total. The van der Waals surface area contributed by atoms with Gasteiger partial charge in [0.1, 0.15) is 12.6 Å². The van der Waals surface area contributed by atoms with Gasteiger partial charge in [-0.25, -0.2) is 4.68 Å². The summed E-state index contributed by atoms with van der Waals surface area (Å²) >= 11 is 0. The topological polar surface area (TPSA) is 116 Å². The Balaban J connectivity index is 1.21. The van der Waals surface area contributed by atoms with Gasteiger partial charge in [-0.3, -0.25) is 9.59 Å². The zero-order valence-electron chi connectivity index (χ0n) is 20.4. The van der Waals surface area contributed by atoms with Gasteiger partial charge in [0.15, 0.2) is 11.5 Å². The fourth-order valence-electron chi connectivity index (χ4n) is 3.79. The standard InChI is InChI=1S/C27H25N7O3/c1-18-8-10-20(11-9-18)22-12-15-25(35)33(31-22)19(2)27(36)28-16-17-37-24-14-13-23-29-30-26(34(23)32-24)21-6-4-3-5-7-21/h3-15,19H,16-17H2,1-2H3,(H,28,36)/t19-/m1/s1. The van der Waals surface area contributed by atoms with Gasteiger partial charge in [0, 0.05) is 23.3 Å². The largest absolute Gasteiger partial charge is 0.475 e. The summed E-state index contributed by atoms with van der Waals surface area (Å²) in [7, 11) is 0. The minimum absolute atomic E-state index is 0.186. The van der Waals surface area contributed by atoms with Crippen LogP contribution in [0.2, 0.25) is 0 Å². The number of benzene rings is 2. The first-order valence-electron chi connectivity index (χ1n) is 11.8. The van der Waals surface area contributed by atoms with E-state index in [4.69, 9.17) is 4.74 Å². The van der Waals surface area contributed by atoms with Crippen molar-refractivity contribution in [2.45, 2.75) is 19.9 Å². The lowest BCUT2D eigenvalue weighted by molar-refractivity contribution is -0.124. The van der Waals surface area contributed by atoms with Gasteiger partial charge in [0.05, 0.1) is 12.2 Å². The van der Waals surface area contributed by atoms with Crippen molar-refractivity contribution in [3.63, 3.8) is 0 Å². The van der Waals surface area contributed by atoms with Crippen molar-refractivity contribution in [2.24, 2.45) is 0 Å². The number of amides is 1. The lowest BCUT2D eigenvalue weighted by Crippen LogP contribution is -2.38. The van der Waals surface area contributed by atoms with Crippen LogP contribution in [0.3, 0.4) is 0 Å². The normalized spacial score (nSPS) is 11.8. The number of nitrogens with one attached hydrogen (secondary N) is 1. The van der Waals surface area contributed by atoms with Crippen molar-refractivity contribution in [1.29, 1.82) is 0 Å². The molecule has 0 aliphatic rings. The first-order valence-corrected chi connectivity index (χ1v) is 11.8. The van der Waals surface area contributed by atoms with Crippen molar-refractivity contribution < 1.29 is 9.53 Å². The molecule has 186 valence electrons. The van der Waals surface area contributed by atoms with E-state index >= 15 is 0 Å². The summed E-state index contributed by atoms with van der Waals surface area (Å²) in [6, 6.07) is 23.2. The Morgan fingerprint density at radius 1 is 0.919 bits per heavy atom. The van der Waals surface area contributed by atoms with Crippen molar-refractivity contribution in [2.75, 3.05) is 13.2 Å². The van der Waals surface area contributed by atoms with Crippen molar-refractivity contribution in [3.05, 3.63) is 94.8 Å². The lowest BCUT2D eigenvalue weighted by atomic mass is 10.1. The third-order valence-electron chi connectivity index (χ3n) is 5.84. The molecule has 3 aromatic heterocycles. The number of ether oxygens (including phenoxy) is 1. The number of nitrogens with zero attached hydrogens (tertiary/aromatic N) is 6. The Kier molecular flexibility index (Phi) is 6.71. The van der Waals surface area contributed by atoms with Gasteiger partial charge in [0.2, 0.25) is 11.8 Å². The molecule has 5 aromatic rings. The molecule has 0 fully saturated rings. The highest BCUT2D eigenvalue weighted by Crippen LogP contribution is 2.19. The van der Waals surface area contributed by atoms with E-state index in [0.29, 0.717) is 23.0 Å². The lowest BCUT2D eigenvalue weighted by Gasteiger charge is -2.15. The van der Waals surface area contributed by atoms with Crippen LogP contribution in [0.1, 0.15) is 18.5 Å². The fourth-order valence-corrected chi connectivity index (χ4v) is 3.79. The summed E-state index contributed by atoms with van der Waals surface area (Å²) in [5, 5.41) is 20.0. The van der Waals surface area contributed by atoms with Crippen molar-refractivity contribution >= 4 is 11.6 Å². The number of hydrogen-bond donors (Lipinski definition) is 1. The summed E-state index contributed by atoms with van der Waals surface area (Å²) in [6.07, 6.45) is 0. The third kappa shape index (κ3) is 5.22. The highest BCUT2D eigenvalue weighted by atomic mass is 16.5. The van der Waals surface area contributed by atoms with Gasteiger partial charge in [-0.05, 0) is 26.0 Å². The van der Waals surface area contributed by atoms with E-state index in [9.17, 15) is 9.59 Å². The molecule has 0 radical (unpaired) electrons. The molecule has 10 heteroatoms. The molecule has 2 aromatic carbocycles. The zero-order chi connectivity index (χ0) is 25.8. The predicted molar refractivity (Wildman–Crippen MR) is 138 cm³/mol. The van der Waals surface area contributed by atoms with Crippen LogP contribution >= 0.6 is 0 Å². The number of carbonyl (C=O) groups is 1. The van der Waals surface area contributed by atoms with Crippen LogP contribution in [0.4, 0.5) is 0 Å². The van der Waals surface area contributed by atoms with Crippen LogP contribution in [-0.4, -0.2) is 48.7 Å². The molecular weight excluding hydrogens is 470 g/mol. The van der Waals surface area contributed by atoms with Crippen LogP contribution in [-0.2, 0) is 4.79 Å². The Morgan fingerprint density at radius 3 is 2.49 bits per heavy atom. The van der Waals surface area contributed by atoms with Crippen LogP contribution in [0.5, 0.6) is 5.88 Å². The van der Waals surface area contributed by atoms with E-state index in [0.717, 1.165) is 16.7 Å². The maximum atomic E-state index is 12.7. The Labute approximate surface area is 212 Å². The molecule has 37 heavy (non-hydrogen) atoms. The summed E-state index contributed by atoms with van der Waals surface area (Å²) in [6.45, 7) is 4.05. The Morgan fingerprint density at radius 2 is 1.70 bits per heavy atom. The van der Waals surface area contributed by atoms with E-state index in [2.05, 4.69) is 25.7 Å². The van der Waals surface area contributed by atoms with Crippen LogP contribution in [0.25, 0.3) is 28.3 Å². The van der Waals surface area contributed by atoms with Crippen LogP contribution < -0.4 is 15.6 Å². The SMILES string of the molecule is Cc1ccc(-c2ccc(=O)n([C@H](C)C(=O)NCCOc3ccc4nnc(-c5ccccc5)n4n3)n2)cc1. The second-order valence-corrected chi connectivity index (χ2v) is 8.51. The minimum Gasteiger partial charge on any atom is -0.475 e. The minimum atomic E-state index is -0.794. The molecule has 0 spiro atoms. The van der Waals surface area contributed by atoms with E-state index in [1.807, 2.05) is 61.5 Å². The van der Waals surface area contributed by atoms with Gasteiger partial charge >= 0.3 is 0 Å². The molecule has 0 saturated carbocycles. The van der Waals surface area contributed by atoms with Crippen LogP contribution in [0, 0.1) is 6.92 Å². The average Bonchev–Trinajstić information content (AvgIpc) is 3.35. The van der Waals surface area contributed by atoms with Gasteiger partial charge in [-0.1, -0.05) is 60.2 Å². The molecule has 0 aliphatic carbocycles. The quantitative estimate of drug-likeness (QED) is 0.329. The smallest absolute Gasteiger partial charge is 0.267 e. The number of fused-ring (bicyclic) bond motifs is 1. The van der Waals surface area contributed by atoms with Crippen molar-refractivity contribution in [1.82, 2.24) is 34.9 Å². The molecule has 0 bridgehead atoms. The second-order valence-electron chi connectivity index (χ2n) is 8.51. The number of aromatic nitrogens is 6. The summed E-state index contributed by atoms with van der Waals surface area (Å²) < 4.78 is 8.54. The molecule has 0 saturated heterocycles. The number of hydrogen-bond acceptors (Lipinski definition) is 7. The summed E-state index contributed by atoms with van der Waals surface area (Å²) in [4.78, 5) is 25.1. The highest BCUT2D eigenvalue weighted by Gasteiger charge is 2.18. The second kappa shape index (κ2) is 10.4. The van der Waals surface area contributed by atoms with E-state index in [1.54, 1.807) is 29.6 Å². The Hall–Kier alpha value is -4.86. The predicted octanol–water partition coefficient (Wildman–Crippen LogP) is 3.08.